The van der Waals surface area contributed by atoms with Gasteiger partial charge in [0, 0.05) is 16.6 Å². The Hall–Kier alpha value is -3.45. The molecule has 0 saturated heterocycles. The number of thiophene rings is 1. The van der Waals surface area contributed by atoms with E-state index < -0.39 is 12.0 Å². The molecule has 1 fully saturated rings. The van der Waals surface area contributed by atoms with Gasteiger partial charge < -0.3 is 10.1 Å². The summed E-state index contributed by atoms with van der Waals surface area (Å²) in [6.45, 7) is 1.99. The summed E-state index contributed by atoms with van der Waals surface area (Å²) in [4.78, 5) is 42.0. The number of benzene rings is 2. The fourth-order valence-electron chi connectivity index (χ4n) is 4.48. The standard InChI is InChI=1S/C28H30N2O4S/c1-19-9-11-20(12-10-19)26(27(32)29-22-6-3-4-7-22)30(25(31)18-24-8-5-17-35-24)23-15-13-21(14-16-23)28(33)34-2/h5,8-17,22,26H,3-4,6-7,18H2,1-2H3,(H,29,32). The first-order valence-electron chi connectivity index (χ1n) is 11.9. The van der Waals surface area contributed by atoms with Gasteiger partial charge in [-0.1, -0.05) is 48.7 Å². The van der Waals surface area contributed by atoms with Crippen molar-refractivity contribution >= 4 is 34.8 Å². The summed E-state index contributed by atoms with van der Waals surface area (Å²) in [5, 5.41) is 5.12. The second-order valence-corrected chi connectivity index (χ2v) is 9.89. The number of ether oxygens (including phenoxy) is 1. The number of nitrogens with zero attached hydrogens (tertiary/aromatic N) is 1. The van der Waals surface area contributed by atoms with E-state index in [0.717, 1.165) is 41.7 Å². The molecular formula is C28H30N2O4S. The van der Waals surface area contributed by atoms with E-state index >= 15 is 0 Å². The van der Waals surface area contributed by atoms with Crippen molar-refractivity contribution in [3.63, 3.8) is 0 Å². The third-order valence-electron chi connectivity index (χ3n) is 6.34. The lowest BCUT2D eigenvalue weighted by atomic mass is 10.00. The zero-order valence-corrected chi connectivity index (χ0v) is 20.8. The highest BCUT2D eigenvalue weighted by atomic mass is 32.1. The number of anilines is 1. The average Bonchev–Trinajstić information content (AvgIpc) is 3.57. The van der Waals surface area contributed by atoms with Gasteiger partial charge >= 0.3 is 5.97 Å². The number of esters is 1. The molecule has 1 saturated carbocycles. The van der Waals surface area contributed by atoms with Gasteiger partial charge in [-0.2, -0.15) is 0 Å². The number of hydrogen-bond donors (Lipinski definition) is 1. The molecule has 35 heavy (non-hydrogen) atoms. The number of amides is 2. The SMILES string of the molecule is COC(=O)c1ccc(N(C(=O)Cc2cccs2)C(C(=O)NC2CCCC2)c2ccc(C)cc2)cc1. The van der Waals surface area contributed by atoms with E-state index in [0.29, 0.717) is 11.3 Å². The van der Waals surface area contributed by atoms with Crippen molar-refractivity contribution in [2.75, 3.05) is 12.0 Å². The van der Waals surface area contributed by atoms with Crippen molar-refractivity contribution in [2.24, 2.45) is 0 Å². The second kappa shape index (κ2) is 11.3. The van der Waals surface area contributed by atoms with Gasteiger partial charge in [0.1, 0.15) is 6.04 Å². The van der Waals surface area contributed by atoms with Gasteiger partial charge in [-0.15, -0.1) is 11.3 Å². The van der Waals surface area contributed by atoms with Crippen LogP contribution in [0.15, 0.2) is 66.0 Å². The highest BCUT2D eigenvalue weighted by Gasteiger charge is 2.34. The van der Waals surface area contributed by atoms with Crippen molar-refractivity contribution in [1.29, 1.82) is 0 Å². The van der Waals surface area contributed by atoms with Crippen LogP contribution in [0.1, 0.15) is 58.1 Å². The molecule has 1 atom stereocenters. The van der Waals surface area contributed by atoms with E-state index in [2.05, 4.69) is 5.32 Å². The molecule has 0 radical (unpaired) electrons. The van der Waals surface area contributed by atoms with E-state index in [1.54, 1.807) is 29.2 Å². The van der Waals surface area contributed by atoms with E-state index in [9.17, 15) is 14.4 Å². The van der Waals surface area contributed by atoms with E-state index in [-0.39, 0.29) is 24.3 Å². The first kappa shape index (κ1) is 24.7. The van der Waals surface area contributed by atoms with E-state index in [1.165, 1.54) is 18.4 Å². The summed E-state index contributed by atoms with van der Waals surface area (Å²) in [5.41, 5.74) is 2.74. The molecule has 1 aliphatic carbocycles. The number of aryl methyl sites for hydroxylation is 1. The summed E-state index contributed by atoms with van der Waals surface area (Å²) in [7, 11) is 1.33. The molecule has 1 aromatic heterocycles. The van der Waals surface area contributed by atoms with Gasteiger partial charge in [-0.05, 0) is 61.0 Å². The van der Waals surface area contributed by atoms with Gasteiger partial charge in [0.25, 0.3) is 0 Å². The lowest BCUT2D eigenvalue weighted by Crippen LogP contribution is -2.46. The molecule has 1 N–H and O–H groups in total. The largest absolute Gasteiger partial charge is 0.465 e. The molecule has 2 amide bonds. The van der Waals surface area contributed by atoms with Gasteiger partial charge in [0.15, 0.2) is 0 Å². The number of hydrogen-bond acceptors (Lipinski definition) is 5. The van der Waals surface area contributed by atoms with Crippen LogP contribution in [0.5, 0.6) is 0 Å². The van der Waals surface area contributed by atoms with Gasteiger partial charge in [0.2, 0.25) is 11.8 Å². The molecule has 2 aromatic carbocycles. The summed E-state index contributed by atoms with van der Waals surface area (Å²) < 4.78 is 4.81. The number of methoxy groups -OCH3 is 1. The quantitative estimate of drug-likeness (QED) is 0.440. The summed E-state index contributed by atoms with van der Waals surface area (Å²) in [5.74, 6) is -0.843. The molecule has 6 nitrogen and oxygen atoms in total. The molecule has 0 aliphatic heterocycles. The first-order valence-corrected chi connectivity index (χ1v) is 12.7. The van der Waals surface area contributed by atoms with Crippen molar-refractivity contribution in [3.8, 4) is 0 Å². The van der Waals surface area contributed by atoms with Crippen LogP contribution < -0.4 is 10.2 Å². The van der Waals surface area contributed by atoms with Crippen LogP contribution in [0.3, 0.4) is 0 Å². The molecule has 1 unspecified atom stereocenters. The second-order valence-electron chi connectivity index (χ2n) is 8.86. The fraction of sp³-hybridized carbons (Fsp3) is 0.321. The summed E-state index contributed by atoms with van der Waals surface area (Å²) in [6, 6.07) is 17.4. The fourth-order valence-corrected chi connectivity index (χ4v) is 5.17. The Kier molecular flexibility index (Phi) is 7.98. The van der Waals surface area contributed by atoms with Gasteiger partial charge in [-0.3, -0.25) is 14.5 Å². The maximum Gasteiger partial charge on any atom is 0.337 e. The predicted octanol–water partition coefficient (Wildman–Crippen LogP) is 5.22. The zero-order chi connectivity index (χ0) is 24.8. The molecule has 182 valence electrons. The topological polar surface area (TPSA) is 75.7 Å². The lowest BCUT2D eigenvalue weighted by molar-refractivity contribution is -0.127. The summed E-state index contributed by atoms with van der Waals surface area (Å²) in [6.07, 6.45) is 4.26. The smallest absolute Gasteiger partial charge is 0.337 e. The minimum atomic E-state index is -0.840. The number of carbonyl (C=O) groups excluding carboxylic acids is 3. The average molecular weight is 491 g/mol. The Balaban J connectivity index is 1.75. The normalized spacial score (nSPS) is 14.3. The molecule has 7 heteroatoms. The lowest BCUT2D eigenvalue weighted by Gasteiger charge is -2.32. The Morgan fingerprint density at radius 1 is 1.03 bits per heavy atom. The molecule has 4 rings (SSSR count). The van der Waals surface area contributed by atoms with Crippen molar-refractivity contribution < 1.29 is 19.1 Å². The maximum absolute atomic E-state index is 13.8. The maximum atomic E-state index is 13.8. The van der Waals surface area contributed by atoms with Crippen molar-refractivity contribution in [3.05, 3.63) is 87.6 Å². The minimum Gasteiger partial charge on any atom is -0.465 e. The third kappa shape index (κ3) is 5.98. The highest BCUT2D eigenvalue weighted by molar-refractivity contribution is 7.10. The Morgan fingerprint density at radius 3 is 2.31 bits per heavy atom. The monoisotopic (exact) mass is 490 g/mol. The van der Waals surface area contributed by atoms with Crippen LogP contribution in [-0.2, 0) is 20.7 Å². The van der Waals surface area contributed by atoms with Crippen LogP contribution in [0.2, 0.25) is 0 Å². The minimum absolute atomic E-state index is 0.117. The van der Waals surface area contributed by atoms with E-state index in [4.69, 9.17) is 4.74 Å². The third-order valence-corrected chi connectivity index (χ3v) is 7.22. The van der Waals surface area contributed by atoms with Crippen molar-refractivity contribution in [2.45, 2.75) is 51.1 Å². The summed E-state index contributed by atoms with van der Waals surface area (Å²) >= 11 is 1.51. The predicted molar refractivity (Wildman–Crippen MR) is 138 cm³/mol. The molecule has 0 spiro atoms. The number of carbonyl (C=O) groups is 3. The van der Waals surface area contributed by atoms with E-state index in [1.807, 2.05) is 48.7 Å². The molecule has 1 aliphatic rings. The van der Waals surface area contributed by atoms with Gasteiger partial charge in [0.05, 0.1) is 19.1 Å². The van der Waals surface area contributed by atoms with Crippen LogP contribution in [-0.4, -0.2) is 30.9 Å². The molecule has 3 aromatic rings. The first-order chi connectivity index (χ1) is 17.0. The highest BCUT2D eigenvalue weighted by Crippen LogP contribution is 2.31. The van der Waals surface area contributed by atoms with Crippen LogP contribution in [0.25, 0.3) is 0 Å². The Labute approximate surface area is 209 Å². The Bertz CT molecular complexity index is 1150. The molecule has 0 bridgehead atoms. The number of nitrogens with one attached hydrogen (secondary N) is 1. The van der Waals surface area contributed by atoms with Gasteiger partial charge in [-0.25, -0.2) is 4.79 Å². The van der Waals surface area contributed by atoms with Crippen LogP contribution in [0, 0.1) is 6.92 Å². The molecule has 1 heterocycles. The Morgan fingerprint density at radius 2 is 1.71 bits per heavy atom. The molecular weight excluding hydrogens is 460 g/mol. The van der Waals surface area contributed by atoms with Crippen LogP contribution >= 0.6 is 11.3 Å². The number of rotatable bonds is 8. The van der Waals surface area contributed by atoms with Crippen LogP contribution in [0.4, 0.5) is 5.69 Å². The van der Waals surface area contributed by atoms with Crippen molar-refractivity contribution in [1.82, 2.24) is 5.32 Å². The zero-order valence-electron chi connectivity index (χ0n) is 20.0.